The summed E-state index contributed by atoms with van der Waals surface area (Å²) in [4.78, 5) is 11.6. The Morgan fingerprint density at radius 2 is 2.06 bits per heavy atom. The standard InChI is InChI=1S/C12H16N2O2/c15-6-5-9-1-3-11(4-2-9)14-12(16)10-7-13-8-10/h1-4,10,13,15H,5-8H2,(H,14,16). The number of hydrogen-bond donors (Lipinski definition) is 3. The van der Waals surface area contributed by atoms with Crippen molar-refractivity contribution in [3.8, 4) is 0 Å². The number of rotatable bonds is 4. The Kier molecular flexibility index (Phi) is 3.54. The minimum atomic E-state index is 0.0775. The monoisotopic (exact) mass is 220 g/mol. The first-order chi connectivity index (χ1) is 7.79. The predicted octanol–water partition coefficient (Wildman–Crippen LogP) is 0.379. The fourth-order valence-corrected chi connectivity index (χ4v) is 1.60. The van der Waals surface area contributed by atoms with E-state index in [0.717, 1.165) is 24.3 Å². The van der Waals surface area contributed by atoms with Crippen LogP contribution in [-0.4, -0.2) is 30.7 Å². The van der Waals surface area contributed by atoms with Gasteiger partial charge in [-0.2, -0.15) is 0 Å². The third-order valence-corrected chi connectivity index (χ3v) is 2.77. The van der Waals surface area contributed by atoms with Gasteiger partial charge in [0.15, 0.2) is 0 Å². The molecule has 0 bridgehead atoms. The van der Waals surface area contributed by atoms with Crippen LogP contribution in [0.4, 0.5) is 5.69 Å². The van der Waals surface area contributed by atoms with Crippen molar-refractivity contribution in [2.24, 2.45) is 5.92 Å². The molecule has 1 heterocycles. The van der Waals surface area contributed by atoms with E-state index in [-0.39, 0.29) is 18.4 Å². The van der Waals surface area contributed by atoms with E-state index in [9.17, 15) is 4.79 Å². The molecule has 0 saturated carbocycles. The lowest BCUT2D eigenvalue weighted by atomic mass is 10.0. The minimum absolute atomic E-state index is 0.0775. The fourth-order valence-electron chi connectivity index (χ4n) is 1.60. The van der Waals surface area contributed by atoms with Crippen LogP contribution in [0.3, 0.4) is 0 Å². The summed E-state index contributed by atoms with van der Waals surface area (Å²) in [7, 11) is 0. The molecule has 0 unspecified atom stereocenters. The molecule has 0 atom stereocenters. The lowest BCUT2D eigenvalue weighted by Gasteiger charge is -2.25. The quantitative estimate of drug-likeness (QED) is 0.687. The summed E-state index contributed by atoms with van der Waals surface area (Å²) in [5.74, 6) is 0.186. The molecular formula is C12H16N2O2. The average molecular weight is 220 g/mol. The van der Waals surface area contributed by atoms with Crippen LogP contribution < -0.4 is 10.6 Å². The second kappa shape index (κ2) is 5.09. The van der Waals surface area contributed by atoms with Crippen LogP contribution in [0.5, 0.6) is 0 Å². The molecule has 0 spiro atoms. The molecule has 3 N–H and O–H groups in total. The van der Waals surface area contributed by atoms with Gasteiger partial charge in [0.2, 0.25) is 5.91 Å². The Morgan fingerprint density at radius 3 is 2.56 bits per heavy atom. The molecule has 1 fully saturated rings. The van der Waals surface area contributed by atoms with Crippen molar-refractivity contribution < 1.29 is 9.90 Å². The molecule has 4 nitrogen and oxygen atoms in total. The maximum Gasteiger partial charge on any atom is 0.230 e. The Balaban J connectivity index is 1.91. The van der Waals surface area contributed by atoms with Crippen LogP contribution in [0, 0.1) is 5.92 Å². The lowest BCUT2D eigenvalue weighted by molar-refractivity contribution is -0.121. The van der Waals surface area contributed by atoms with E-state index >= 15 is 0 Å². The van der Waals surface area contributed by atoms with E-state index in [0.29, 0.717) is 6.42 Å². The number of carbonyl (C=O) groups excluding carboxylic acids is 1. The molecular weight excluding hydrogens is 204 g/mol. The predicted molar refractivity (Wildman–Crippen MR) is 62.2 cm³/mol. The summed E-state index contributed by atoms with van der Waals surface area (Å²) in [6.45, 7) is 1.70. The van der Waals surface area contributed by atoms with Gasteiger partial charge in [0.05, 0.1) is 5.92 Å². The Bertz CT molecular complexity index is 358. The molecule has 0 radical (unpaired) electrons. The van der Waals surface area contributed by atoms with E-state index in [1.54, 1.807) is 0 Å². The molecule has 1 aromatic carbocycles. The molecule has 1 aromatic rings. The topological polar surface area (TPSA) is 61.4 Å². The Hall–Kier alpha value is -1.39. The van der Waals surface area contributed by atoms with Gasteiger partial charge < -0.3 is 15.7 Å². The van der Waals surface area contributed by atoms with Crippen molar-refractivity contribution in [2.45, 2.75) is 6.42 Å². The van der Waals surface area contributed by atoms with Gasteiger partial charge in [0, 0.05) is 25.4 Å². The number of nitrogens with one attached hydrogen (secondary N) is 2. The van der Waals surface area contributed by atoms with Gasteiger partial charge in [-0.3, -0.25) is 4.79 Å². The van der Waals surface area contributed by atoms with Gasteiger partial charge in [-0.15, -0.1) is 0 Å². The number of anilines is 1. The highest BCUT2D eigenvalue weighted by atomic mass is 16.2. The SMILES string of the molecule is O=C(Nc1ccc(CCO)cc1)C1CNC1. The number of aliphatic hydroxyl groups is 1. The molecule has 0 aliphatic carbocycles. The number of aliphatic hydroxyl groups excluding tert-OH is 1. The maximum atomic E-state index is 11.6. The first-order valence-corrected chi connectivity index (χ1v) is 5.51. The summed E-state index contributed by atoms with van der Waals surface area (Å²) in [5.41, 5.74) is 1.89. The number of benzene rings is 1. The molecule has 2 rings (SSSR count). The van der Waals surface area contributed by atoms with Gasteiger partial charge in [-0.25, -0.2) is 0 Å². The third kappa shape index (κ3) is 2.59. The largest absolute Gasteiger partial charge is 0.396 e. The van der Waals surface area contributed by atoms with Gasteiger partial charge in [0.1, 0.15) is 0 Å². The third-order valence-electron chi connectivity index (χ3n) is 2.77. The van der Waals surface area contributed by atoms with Crippen LogP contribution in [0.15, 0.2) is 24.3 Å². The Labute approximate surface area is 94.7 Å². The van der Waals surface area contributed by atoms with Crippen LogP contribution in [0.2, 0.25) is 0 Å². The molecule has 1 saturated heterocycles. The highest BCUT2D eigenvalue weighted by Gasteiger charge is 2.24. The second-order valence-electron chi connectivity index (χ2n) is 4.01. The zero-order valence-electron chi connectivity index (χ0n) is 9.07. The highest BCUT2D eigenvalue weighted by Crippen LogP contribution is 2.12. The number of hydrogen-bond acceptors (Lipinski definition) is 3. The van der Waals surface area contributed by atoms with Gasteiger partial charge >= 0.3 is 0 Å². The second-order valence-corrected chi connectivity index (χ2v) is 4.01. The zero-order valence-corrected chi connectivity index (χ0v) is 9.07. The van der Waals surface area contributed by atoms with Crippen molar-refractivity contribution in [2.75, 3.05) is 25.0 Å². The molecule has 86 valence electrons. The molecule has 0 aromatic heterocycles. The summed E-state index contributed by atoms with van der Waals surface area (Å²) < 4.78 is 0. The maximum absolute atomic E-state index is 11.6. The van der Waals surface area contributed by atoms with Crippen LogP contribution in [-0.2, 0) is 11.2 Å². The highest BCUT2D eigenvalue weighted by molar-refractivity contribution is 5.93. The van der Waals surface area contributed by atoms with E-state index in [1.807, 2.05) is 24.3 Å². The van der Waals surface area contributed by atoms with Crippen LogP contribution in [0.25, 0.3) is 0 Å². The van der Waals surface area contributed by atoms with Gasteiger partial charge in [0.25, 0.3) is 0 Å². The molecule has 1 aliphatic rings. The van der Waals surface area contributed by atoms with E-state index in [4.69, 9.17) is 5.11 Å². The number of amides is 1. The van der Waals surface area contributed by atoms with Crippen LogP contribution >= 0.6 is 0 Å². The van der Waals surface area contributed by atoms with Gasteiger partial charge in [-0.05, 0) is 24.1 Å². The first kappa shape index (κ1) is 11.1. The van der Waals surface area contributed by atoms with Crippen molar-refractivity contribution >= 4 is 11.6 Å². The lowest BCUT2D eigenvalue weighted by Crippen LogP contribution is -2.48. The van der Waals surface area contributed by atoms with Crippen molar-refractivity contribution in [3.05, 3.63) is 29.8 Å². The minimum Gasteiger partial charge on any atom is -0.396 e. The Morgan fingerprint density at radius 1 is 1.38 bits per heavy atom. The van der Waals surface area contributed by atoms with E-state index in [2.05, 4.69) is 10.6 Å². The van der Waals surface area contributed by atoms with Crippen LogP contribution in [0.1, 0.15) is 5.56 Å². The molecule has 1 aliphatic heterocycles. The smallest absolute Gasteiger partial charge is 0.230 e. The van der Waals surface area contributed by atoms with Gasteiger partial charge in [-0.1, -0.05) is 12.1 Å². The zero-order chi connectivity index (χ0) is 11.4. The molecule has 4 heteroatoms. The van der Waals surface area contributed by atoms with E-state index in [1.165, 1.54) is 0 Å². The summed E-state index contributed by atoms with van der Waals surface area (Å²) >= 11 is 0. The average Bonchev–Trinajstić information content (AvgIpc) is 2.18. The van der Waals surface area contributed by atoms with Crippen molar-refractivity contribution in [3.63, 3.8) is 0 Å². The number of carbonyl (C=O) groups is 1. The summed E-state index contributed by atoms with van der Waals surface area (Å²) in [5, 5.41) is 14.7. The first-order valence-electron chi connectivity index (χ1n) is 5.51. The molecule has 1 amide bonds. The summed E-state index contributed by atoms with van der Waals surface area (Å²) in [6, 6.07) is 7.58. The summed E-state index contributed by atoms with van der Waals surface area (Å²) in [6.07, 6.45) is 0.654. The fraction of sp³-hybridized carbons (Fsp3) is 0.417. The van der Waals surface area contributed by atoms with Crippen molar-refractivity contribution in [1.82, 2.24) is 5.32 Å². The van der Waals surface area contributed by atoms with Crippen molar-refractivity contribution in [1.29, 1.82) is 0 Å². The molecule has 16 heavy (non-hydrogen) atoms. The van der Waals surface area contributed by atoms with E-state index < -0.39 is 0 Å². The normalized spacial score (nSPS) is 15.6.